The van der Waals surface area contributed by atoms with Gasteiger partial charge in [0, 0.05) is 0 Å². The van der Waals surface area contributed by atoms with Crippen molar-refractivity contribution in [2.75, 3.05) is 0 Å². The Morgan fingerprint density at radius 1 is 1.21 bits per heavy atom. The van der Waals surface area contributed by atoms with Crippen LogP contribution in [0.25, 0.3) is 6.08 Å². The van der Waals surface area contributed by atoms with Crippen molar-refractivity contribution in [1.29, 1.82) is 0 Å². The lowest BCUT2D eigenvalue weighted by atomic mass is 10.2. The van der Waals surface area contributed by atoms with Gasteiger partial charge < -0.3 is 0 Å². The molecule has 0 aromatic heterocycles. The van der Waals surface area contributed by atoms with Gasteiger partial charge in [-0.3, -0.25) is 9.59 Å². The Morgan fingerprint density at radius 3 is 2.67 bits per heavy atom. The normalized spacial score (nSPS) is 16.1. The van der Waals surface area contributed by atoms with Gasteiger partial charge in [0.2, 0.25) is 0 Å². The Kier molecular flexibility index (Phi) is 4.80. The van der Waals surface area contributed by atoms with Gasteiger partial charge in [-0.05, 0) is 35.9 Å². The molecule has 0 bridgehead atoms. The third kappa shape index (κ3) is 3.26. The second-order valence-corrected chi connectivity index (χ2v) is 6.94. The molecule has 1 saturated heterocycles. The first-order valence-corrected chi connectivity index (χ1v) is 8.40. The van der Waals surface area contributed by atoms with Crippen molar-refractivity contribution < 1.29 is 14.0 Å². The number of carbonyl (C=O) groups is 2. The SMILES string of the molecule is O=C1/C(=C\c2cccc(F)c2)SC(=S)N1C(=O)c1ccccc1Cl. The summed E-state index contributed by atoms with van der Waals surface area (Å²) in [6.45, 7) is 0. The van der Waals surface area contributed by atoms with Crippen molar-refractivity contribution in [2.24, 2.45) is 0 Å². The van der Waals surface area contributed by atoms with E-state index in [1.807, 2.05) is 0 Å². The summed E-state index contributed by atoms with van der Waals surface area (Å²) in [6.07, 6.45) is 1.50. The van der Waals surface area contributed by atoms with Crippen LogP contribution in [0.1, 0.15) is 15.9 Å². The van der Waals surface area contributed by atoms with Crippen molar-refractivity contribution in [1.82, 2.24) is 4.90 Å². The van der Waals surface area contributed by atoms with Crippen molar-refractivity contribution in [3.63, 3.8) is 0 Å². The van der Waals surface area contributed by atoms with Crippen LogP contribution >= 0.6 is 35.6 Å². The number of thiocarbonyl (C=S) groups is 1. The Bertz CT molecular complexity index is 898. The van der Waals surface area contributed by atoms with Gasteiger partial charge >= 0.3 is 0 Å². The maximum atomic E-state index is 13.3. The third-order valence-corrected chi connectivity index (χ3v) is 4.88. The molecule has 0 atom stereocenters. The number of carbonyl (C=O) groups excluding carboxylic acids is 2. The molecule has 120 valence electrons. The smallest absolute Gasteiger partial charge is 0.268 e. The monoisotopic (exact) mass is 377 g/mol. The van der Waals surface area contributed by atoms with Crippen LogP contribution in [0.5, 0.6) is 0 Å². The molecular formula is C17H9ClFNO2S2. The molecule has 0 unspecified atom stereocenters. The summed E-state index contributed by atoms with van der Waals surface area (Å²) in [6, 6.07) is 12.2. The highest BCUT2D eigenvalue weighted by atomic mass is 35.5. The van der Waals surface area contributed by atoms with Gasteiger partial charge in [0.25, 0.3) is 11.8 Å². The summed E-state index contributed by atoms with van der Waals surface area (Å²) in [7, 11) is 0. The van der Waals surface area contributed by atoms with Gasteiger partial charge in [-0.1, -0.05) is 59.8 Å². The lowest BCUT2D eigenvalue weighted by Crippen LogP contribution is -2.34. The fourth-order valence-electron chi connectivity index (χ4n) is 2.15. The van der Waals surface area contributed by atoms with Gasteiger partial charge in [0.05, 0.1) is 15.5 Å². The van der Waals surface area contributed by atoms with E-state index in [9.17, 15) is 14.0 Å². The molecular weight excluding hydrogens is 369 g/mol. The van der Waals surface area contributed by atoms with Crippen molar-refractivity contribution >= 4 is 57.8 Å². The minimum absolute atomic E-state index is 0.118. The molecule has 1 aliphatic heterocycles. The van der Waals surface area contributed by atoms with E-state index in [4.69, 9.17) is 23.8 Å². The second-order valence-electron chi connectivity index (χ2n) is 4.86. The highest BCUT2D eigenvalue weighted by Crippen LogP contribution is 2.34. The molecule has 0 saturated carbocycles. The van der Waals surface area contributed by atoms with Crippen LogP contribution in [0.2, 0.25) is 5.02 Å². The quantitative estimate of drug-likeness (QED) is 0.438. The van der Waals surface area contributed by atoms with Crippen LogP contribution < -0.4 is 0 Å². The Balaban J connectivity index is 1.92. The Hall–Kier alpha value is -2.02. The van der Waals surface area contributed by atoms with Gasteiger partial charge in [0.15, 0.2) is 4.32 Å². The third-order valence-electron chi connectivity index (χ3n) is 3.25. The molecule has 2 amide bonds. The minimum atomic E-state index is -0.578. The zero-order chi connectivity index (χ0) is 17.3. The summed E-state index contributed by atoms with van der Waals surface area (Å²) in [4.78, 5) is 26.3. The Labute approximate surface area is 152 Å². The maximum Gasteiger partial charge on any atom is 0.273 e. The minimum Gasteiger partial charge on any atom is -0.268 e. The van der Waals surface area contributed by atoms with E-state index >= 15 is 0 Å². The molecule has 2 aromatic carbocycles. The van der Waals surface area contributed by atoms with Crippen LogP contribution in [0.3, 0.4) is 0 Å². The summed E-state index contributed by atoms with van der Waals surface area (Å²) >= 11 is 12.2. The fraction of sp³-hybridized carbons (Fsp3) is 0. The second kappa shape index (κ2) is 6.84. The first-order valence-electron chi connectivity index (χ1n) is 6.80. The van der Waals surface area contributed by atoms with E-state index in [-0.39, 0.29) is 19.8 Å². The van der Waals surface area contributed by atoms with Gasteiger partial charge in [-0.2, -0.15) is 0 Å². The average molecular weight is 378 g/mol. The molecule has 0 radical (unpaired) electrons. The predicted molar refractivity (Wildman–Crippen MR) is 97.2 cm³/mol. The molecule has 2 aromatic rings. The van der Waals surface area contributed by atoms with Crippen molar-refractivity contribution in [3.8, 4) is 0 Å². The van der Waals surface area contributed by atoms with E-state index < -0.39 is 17.6 Å². The number of imide groups is 1. The largest absolute Gasteiger partial charge is 0.273 e. The number of thioether (sulfide) groups is 1. The van der Waals surface area contributed by atoms with Gasteiger partial charge in [0.1, 0.15) is 5.82 Å². The number of amides is 2. The first-order chi connectivity index (χ1) is 11.5. The van der Waals surface area contributed by atoms with Crippen LogP contribution in [0.15, 0.2) is 53.4 Å². The molecule has 0 spiro atoms. The zero-order valence-electron chi connectivity index (χ0n) is 12.0. The number of halogens is 2. The molecule has 3 rings (SSSR count). The molecule has 24 heavy (non-hydrogen) atoms. The molecule has 0 N–H and O–H groups in total. The highest BCUT2D eigenvalue weighted by Gasteiger charge is 2.37. The lowest BCUT2D eigenvalue weighted by Gasteiger charge is -2.13. The van der Waals surface area contributed by atoms with E-state index in [1.165, 1.54) is 30.3 Å². The van der Waals surface area contributed by atoms with E-state index in [0.29, 0.717) is 5.56 Å². The first kappa shape index (κ1) is 16.8. The maximum absolute atomic E-state index is 13.3. The van der Waals surface area contributed by atoms with Crippen molar-refractivity contribution in [3.05, 3.63) is 75.4 Å². The summed E-state index contributed by atoms with van der Waals surface area (Å²) in [5.74, 6) is -1.53. The highest BCUT2D eigenvalue weighted by molar-refractivity contribution is 8.26. The molecule has 0 aliphatic carbocycles. The van der Waals surface area contributed by atoms with Gasteiger partial charge in [-0.15, -0.1) is 0 Å². The number of nitrogens with zero attached hydrogens (tertiary/aromatic N) is 1. The lowest BCUT2D eigenvalue weighted by molar-refractivity contribution is -0.120. The standard InChI is InChI=1S/C17H9ClFNO2S2/c18-13-7-2-1-6-12(13)15(21)20-16(22)14(24-17(20)23)9-10-4-3-5-11(19)8-10/h1-9H/b14-9+. The van der Waals surface area contributed by atoms with Crippen molar-refractivity contribution in [2.45, 2.75) is 0 Å². The fourth-order valence-corrected chi connectivity index (χ4v) is 3.62. The summed E-state index contributed by atoms with van der Waals surface area (Å²) in [5, 5.41) is 0.241. The van der Waals surface area contributed by atoms with E-state index in [2.05, 4.69) is 0 Å². The number of hydrogen-bond acceptors (Lipinski definition) is 4. The topological polar surface area (TPSA) is 37.4 Å². The summed E-state index contributed by atoms with van der Waals surface area (Å²) in [5.41, 5.74) is 0.711. The van der Waals surface area contributed by atoms with Crippen LogP contribution in [-0.2, 0) is 4.79 Å². The zero-order valence-corrected chi connectivity index (χ0v) is 14.4. The molecule has 3 nitrogen and oxygen atoms in total. The molecule has 7 heteroatoms. The number of hydrogen-bond donors (Lipinski definition) is 0. The Morgan fingerprint density at radius 2 is 1.96 bits per heavy atom. The van der Waals surface area contributed by atoms with E-state index in [1.54, 1.807) is 24.3 Å². The van der Waals surface area contributed by atoms with Crippen LogP contribution in [0.4, 0.5) is 4.39 Å². The molecule has 1 heterocycles. The molecule has 1 aliphatic rings. The number of rotatable bonds is 2. The van der Waals surface area contributed by atoms with Gasteiger partial charge in [-0.25, -0.2) is 9.29 Å². The summed E-state index contributed by atoms with van der Waals surface area (Å²) < 4.78 is 13.4. The average Bonchev–Trinajstić information content (AvgIpc) is 2.81. The van der Waals surface area contributed by atoms with Crippen LogP contribution in [-0.4, -0.2) is 21.0 Å². The van der Waals surface area contributed by atoms with Crippen LogP contribution in [0, 0.1) is 5.82 Å². The van der Waals surface area contributed by atoms with E-state index in [0.717, 1.165) is 16.7 Å². The predicted octanol–water partition coefficient (Wildman–Crippen LogP) is 4.52. The number of benzene rings is 2. The molecule has 1 fully saturated rings.